The van der Waals surface area contributed by atoms with Crippen molar-refractivity contribution in [3.8, 4) is 0 Å². The number of carbonyl (C=O) groups excluding carboxylic acids is 1. The van der Waals surface area contributed by atoms with Gasteiger partial charge in [-0.25, -0.2) is 5.01 Å². The van der Waals surface area contributed by atoms with Crippen molar-refractivity contribution >= 4 is 23.4 Å². The quantitative estimate of drug-likeness (QED) is 0.335. The summed E-state index contributed by atoms with van der Waals surface area (Å²) in [5.41, 5.74) is 5.90. The van der Waals surface area contributed by atoms with E-state index >= 15 is 0 Å². The minimum Gasteiger partial charge on any atom is -0.265 e. The van der Waals surface area contributed by atoms with E-state index in [1.54, 1.807) is 0 Å². The number of nitrogens with zero attached hydrogens (tertiary/aromatic N) is 5. The summed E-state index contributed by atoms with van der Waals surface area (Å²) in [6.45, 7) is 6.33. The molecule has 1 aromatic heterocycles. The molecule has 1 amide bonds. The Morgan fingerprint density at radius 1 is 1.11 bits per heavy atom. The molecule has 0 saturated heterocycles. The Hall–Kier alpha value is -4.07. The third-order valence-corrected chi connectivity index (χ3v) is 7.01. The van der Waals surface area contributed by atoms with E-state index in [0.717, 1.165) is 47.2 Å². The number of hydrogen-bond donors (Lipinski definition) is 0. The van der Waals surface area contributed by atoms with Crippen LogP contribution in [0.15, 0.2) is 65.4 Å². The van der Waals surface area contributed by atoms with Crippen LogP contribution in [0.2, 0.25) is 0 Å². The van der Waals surface area contributed by atoms with Crippen LogP contribution in [0.4, 0.5) is 5.69 Å². The number of fused-ring (bicyclic) bond motifs is 1. The average molecular weight is 484 g/mol. The molecule has 0 N–H and O–H groups in total. The lowest BCUT2D eigenvalue weighted by Crippen LogP contribution is -2.32. The molecule has 0 unspecified atom stereocenters. The van der Waals surface area contributed by atoms with Crippen molar-refractivity contribution in [2.24, 2.45) is 11.0 Å². The van der Waals surface area contributed by atoms with Crippen LogP contribution in [0.5, 0.6) is 0 Å². The minimum atomic E-state index is -0.549. The van der Waals surface area contributed by atoms with Gasteiger partial charge in [-0.05, 0) is 62.8 Å². The molecule has 1 saturated carbocycles. The summed E-state index contributed by atoms with van der Waals surface area (Å²) in [6.07, 6.45) is 6.21. The smallest absolute Gasteiger partial charge is 0.265 e. The van der Waals surface area contributed by atoms with E-state index in [1.807, 2.05) is 38.1 Å². The van der Waals surface area contributed by atoms with Gasteiger partial charge in [-0.3, -0.25) is 19.6 Å². The number of carbonyl (C=O) groups is 1. The van der Waals surface area contributed by atoms with Crippen molar-refractivity contribution in [1.29, 1.82) is 0 Å². The average Bonchev–Trinajstić information content (AvgIpc) is 3.49. The van der Waals surface area contributed by atoms with Gasteiger partial charge < -0.3 is 0 Å². The fourth-order valence-corrected chi connectivity index (χ4v) is 5.10. The summed E-state index contributed by atoms with van der Waals surface area (Å²) in [4.78, 5) is 25.0. The molecular weight excluding hydrogens is 454 g/mol. The van der Waals surface area contributed by atoms with Gasteiger partial charge in [-0.1, -0.05) is 59.7 Å². The summed E-state index contributed by atoms with van der Waals surface area (Å²) in [7, 11) is 0. The zero-order valence-corrected chi connectivity index (χ0v) is 20.7. The third-order valence-electron chi connectivity index (χ3n) is 7.01. The molecule has 2 aromatic carbocycles. The van der Waals surface area contributed by atoms with E-state index in [2.05, 4.69) is 42.4 Å². The summed E-state index contributed by atoms with van der Waals surface area (Å²) < 4.78 is 1.42. The minimum absolute atomic E-state index is 0.00872. The number of nitro groups is 1. The molecule has 184 valence electrons. The second-order valence-corrected chi connectivity index (χ2v) is 9.55. The predicted molar refractivity (Wildman–Crippen MR) is 139 cm³/mol. The first-order valence-electron chi connectivity index (χ1n) is 12.3. The highest BCUT2D eigenvalue weighted by atomic mass is 16.6. The van der Waals surface area contributed by atoms with Crippen molar-refractivity contribution in [1.82, 2.24) is 14.8 Å². The van der Waals surface area contributed by atoms with E-state index in [1.165, 1.54) is 21.5 Å². The Kier molecular flexibility index (Phi) is 6.26. The molecule has 5 rings (SSSR count). The Labute approximate surface area is 210 Å². The van der Waals surface area contributed by atoms with Crippen molar-refractivity contribution in [2.75, 3.05) is 0 Å². The molecular formula is C28H29N5O3. The van der Waals surface area contributed by atoms with Crippen molar-refractivity contribution in [3.05, 3.63) is 98.4 Å². The highest BCUT2D eigenvalue weighted by Gasteiger charge is 2.45. The number of allylic oxidation sites excluding steroid dienone is 1. The van der Waals surface area contributed by atoms with Gasteiger partial charge >= 0.3 is 11.6 Å². The van der Waals surface area contributed by atoms with Crippen LogP contribution < -0.4 is 0 Å². The van der Waals surface area contributed by atoms with Gasteiger partial charge in [0.15, 0.2) is 0 Å². The number of hydrogen-bond acceptors (Lipinski definition) is 5. The molecule has 2 heterocycles. The zero-order valence-electron chi connectivity index (χ0n) is 20.7. The number of aryl methyl sites for hydroxylation is 3. The molecule has 2 aliphatic rings. The number of amides is 1. The van der Waals surface area contributed by atoms with Gasteiger partial charge in [0.05, 0.1) is 16.7 Å². The normalized spacial score (nSPS) is 20.4. The van der Waals surface area contributed by atoms with E-state index < -0.39 is 10.8 Å². The maximum Gasteiger partial charge on any atom is 0.320 e. The summed E-state index contributed by atoms with van der Waals surface area (Å²) >= 11 is 0. The first-order valence-corrected chi connectivity index (χ1v) is 12.3. The molecule has 8 nitrogen and oxygen atoms in total. The lowest BCUT2D eigenvalue weighted by Gasteiger charge is -2.29. The van der Waals surface area contributed by atoms with Crippen LogP contribution in [0.25, 0.3) is 6.08 Å². The molecule has 0 bridgehead atoms. The second kappa shape index (κ2) is 9.53. The van der Waals surface area contributed by atoms with Gasteiger partial charge in [0, 0.05) is 12.5 Å². The standard InChI is InChI=1S/C28H29N5O3/c1-4-31-17-24(33(35)36)26(29-31)28(34)32-27(21-14-10-19(3)11-15-21)23-7-5-6-22(25(23)30-32)16-20-12-8-18(2)9-13-20/h8-17,23,27H,4-7H2,1-3H3/b22-16+/t23-,27+/m1/s1. The maximum atomic E-state index is 13.8. The van der Waals surface area contributed by atoms with Gasteiger partial charge in [0.25, 0.3) is 0 Å². The molecule has 1 aliphatic carbocycles. The topological polar surface area (TPSA) is 93.6 Å². The first kappa shape index (κ1) is 23.7. The number of aromatic nitrogens is 2. The van der Waals surface area contributed by atoms with Crippen LogP contribution in [-0.4, -0.2) is 31.3 Å². The molecule has 1 fully saturated rings. The van der Waals surface area contributed by atoms with E-state index in [4.69, 9.17) is 5.10 Å². The maximum absolute atomic E-state index is 13.8. The summed E-state index contributed by atoms with van der Waals surface area (Å²) in [5.74, 6) is -0.537. The van der Waals surface area contributed by atoms with Crippen LogP contribution in [0.3, 0.4) is 0 Å². The molecule has 0 radical (unpaired) electrons. The highest BCUT2D eigenvalue weighted by Crippen LogP contribution is 2.45. The number of rotatable bonds is 5. The molecule has 3 aromatic rings. The molecule has 0 spiro atoms. The van der Waals surface area contributed by atoms with Crippen LogP contribution in [0.1, 0.15) is 65.0 Å². The largest absolute Gasteiger partial charge is 0.320 e. The van der Waals surface area contributed by atoms with Gasteiger partial charge in [0.2, 0.25) is 5.69 Å². The first-order chi connectivity index (χ1) is 17.4. The van der Waals surface area contributed by atoms with E-state index in [-0.39, 0.29) is 23.3 Å². The Morgan fingerprint density at radius 2 is 1.78 bits per heavy atom. The molecule has 36 heavy (non-hydrogen) atoms. The summed E-state index contributed by atoms with van der Waals surface area (Å²) in [5, 5.41) is 22.3. The molecule has 8 heteroatoms. The fraction of sp³-hybridized carbons (Fsp3) is 0.321. The Balaban J connectivity index is 1.60. The second-order valence-electron chi connectivity index (χ2n) is 9.55. The van der Waals surface area contributed by atoms with Gasteiger partial charge in [-0.15, -0.1) is 0 Å². The van der Waals surface area contributed by atoms with Crippen molar-refractivity contribution in [3.63, 3.8) is 0 Å². The zero-order chi connectivity index (χ0) is 25.4. The molecule has 2 atom stereocenters. The van der Waals surface area contributed by atoms with Crippen molar-refractivity contribution in [2.45, 2.75) is 52.6 Å². The lowest BCUT2D eigenvalue weighted by molar-refractivity contribution is -0.385. The third kappa shape index (κ3) is 4.34. The molecule has 1 aliphatic heterocycles. The van der Waals surface area contributed by atoms with Gasteiger partial charge in [0.1, 0.15) is 6.20 Å². The van der Waals surface area contributed by atoms with Crippen LogP contribution in [0, 0.1) is 29.9 Å². The predicted octanol–water partition coefficient (Wildman–Crippen LogP) is 5.86. The van der Waals surface area contributed by atoms with E-state index in [0.29, 0.717) is 6.54 Å². The SMILES string of the molecule is CCn1cc([N+](=O)[O-])c(C(=O)N2N=C3/C(=C/c4ccc(C)cc4)CCC[C@H]3[C@@H]2c2ccc(C)cc2)n1. The highest BCUT2D eigenvalue weighted by molar-refractivity contribution is 6.09. The van der Waals surface area contributed by atoms with Crippen LogP contribution in [-0.2, 0) is 6.54 Å². The summed E-state index contributed by atoms with van der Waals surface area (Å²) in [6, 6.07) is 16.1. The monoisotopic (exact) mass is 483 g/mol. The van der Waals surface area contributed by atoms with Crippen molar-refractivity contribution < 1.29 is 9.72 Å². The number of hydrazone groups is 1. The number of benzene rings is 2. The lowest BCUT2D eigenvalue weighted by atomic mass is 9.77. The van der Waals surface area contributed by atoms with E-state index in [9.17, 15) is 14.9 Å². The fourth-order valence-electron chi connectivity index (χ4n) is 5.10. The van der Waals surface area contributed by atoms with Crippen LogP contribution >= 0.6 is 0 Å². The Bertz CT molecular complexity index is 1370. The van der Waals surface area contributed by atoms with Gasteiger partial charge in [-0.2, -0.15) is 10.2 Å². The Morgan fingerprint density at radius 3 is 2.42 bits per heavy atom.